The minimum absolute atomic E-state index is 0.222. The van der Waals surface area contributed by atoms with Crippen LogP contribution in [0, 0.1) is 11.8 Å². The molecule has 3 amide bonds. The first kappa shape index (κ1) is 16.2. The summed E-state index contributed by atoms with van der Waals surface area (Å²) in [5.41, 5.74) is 0.838. The molecule has 1 aromatic carbocycles. The van der Waals surface area contributed by atoms with Gasteiger partial charge in [-0.3, -0.25) is 19.3 Å². The molecule has 0 bridgehead atoms. The van der Waals surface area contributed by atoms with Crippen LogP contribution in [0.1, 0.15) is 18.4 Å². The predicted octanol–water partition coefficient (Wildman–Crippen LogP) is 1.26. The molecular formula is C18H20N2O4. The second-order valence-corrected chi connectivity index (χ2v) is 6.01. The molecule has 0 aromatic heterocycles. The van der Waals surface area contributed by atoms with Crippen LogP contribution in [0.2, 0.25) is 0 Å². The number of carbonyl (C=O) groups is 3. The molecule has 0 radical (unpaired) electrons. The summed E-state index contributed by atoms with van der Waals surface area (Å²) in [6, 6.07) is 7.37. The van der Waals surface area contributed by atoms with Gasteiger partial charge in [0.15, 0.2) is 0 Å². The van der Waals surface area contributed by atoms with Crippen molar-refractivity contribution in [1.82, 2.24) is 10.2 Å². The van der Waals surface area contributed by atoms with Gasteiger partial charge in [0.2, 0.25) is 17.7 Å². The van der Waals surface area contributed by atoms with E-state index in [2.05, 4.69) is 5.32 Å². The molecule has 3 rings (SSSR count). The van der Waals surface area contributed by atoms with Gasteiger partial charge in [0.1, 0.15) is 12.3 Å². The van der Waals surface area contributed by atoms with Crippen molar-refractivity contribution in [3.63, 3.8) is 0 Å². The first-order valence-electron chi connectivity index (χ1n) is 8.00. The maximum absolute atomic E-state index is 12.3. The van der Waals surface area contributed by atoms with Crippen molar-refractivity contribution in [1.29, 1.82) is 0 Å². The second kappa shape index (κ2) is 6.86. The summed E-state index contributed by atoms with van der Waals surface area (Å²) in [6.07, 6.45) is 5.01. The second-order valence-electron chi connectivity index (χ2n) is 6.01. The van der Waals surface area contributed by atoms with Gasteiger partial charge in [-0.25, -0.2) is 0 Å². The fraction of sp³-hybridized carbons (Fsp3) is 0.389. The highest BCUT2D eigenvalue weighted by atomic mass is 16.5. The van der Waals surface area contributed by atoms with Crippen LogP contribution in [0.25, 0.3) is 0 Å². The zero-order valence-electron chi connectivity index (χ0n) is 13.5. The molecule has 0 unspecified atom stereocenters. The third-order valence-electron chi connectivity index (χ3n) is 4.57. The highest BCUT2D eigenvalue weighted by Crippen LogP contribution is 2.34. The summed E-state index contributed by atoms with van der Waals surface area (Å²) in [6.45, 7) is 0.0628. The molecule has 1 saturated heterocycles. The van der Waals surface area contributed by atoms with Gasteiger partial charge in [0.05, 0.1) is 18.9 Å². The maximum atomic E-state index is 12.3. The minimum Gasteiger partial charge on any atom is -0.496 e. The van der Waals surface area contributed by atoms with Crippen molar-refractivity contribution in [3.8, 4) is 5.75 Å². The number of nitrogens with zero attached hydrogens (tertiary/aromatic N) is 1. The highest BCUT2D eigenvalue weighted by molar-refractivity contribution is 6.07. The number of nitrogens with one attached hydrogen (secondary N) is 1. The van der Waals surface area contributed by atoms with Crippen LogP contribution in [0.3, 0.4) is 0 Å². The zero-order valence-corrected chi connectivity index (χ0v) is 13.5. The van der Waals surface area contributed by atoms with E-state index in [1.165, 1.54) is 0 Å². The Morgan fingerprint density at radius 3 is 2.42 bits per heavy atom. The van der Waals surface area contributed by atoms with E-state index in [0.29, 0.717) is 18.6 Å². The number of methoxy groups -OCH3 is 1. The van der Waals surface area contributed by atoms with Gasteiger partial charge in [-0.15, -0.1) is 0 Å². The number of fused-ring (bicyclic) bond motifs is 1. The number of hydrogen-bond acceptors (Lipinski definition) is 4. The maximum Gasteiger partial charge on any atom is 0.240 e. The van der Waals surface area contributed by atoms with Gasteiger partial charge in [-0.1, -0.05) is 30.4 Å². The van der Waals surface area contributed by atoms with Crippen LogP contribution >= 0.6 is 0 Å². The van der Waals surface area contributed by atoms with Crippen LogP contribution in [-0.2, 0) is 20.9 Å². The normalized spacial score (nSPS) is 22.5. The van der Waals surface area contributed by atoms with Crippen LogP contribution in [0.5, 0.6) is 5.75 Å². The van der Waals surface area contributed by atoms with Gasteiger partial charge < -0.3 is 10.1 Å². The number of likely N-dealkylation sites (tertiary alicyclic amines) is 1. The van der Waals surface area contributed by atoms with E-state index >= 15 is 0 Å². The van der Waals surface area contributed by atoms with Crippen LogP contribution in [0.4, 0.5) is 0 Å². The topological polar surface area (TPSA) is 75.7 Å². The average molecular weight is 328 g/mol. The summed E-state index contributed by atoms with van der Waals surface area (Å²) >= 11 is 0. The summed E-state index contributed by atoms with van der Waals surface area (Å²) in [5, 5.41) is 2.74. The van der Waals surface area contributed by atoms with E-state index in [-0.39, 0.29) is 42.6 Å². The molecule has 1 N–H and O–H groups in total. The lowest BCUT2D eigenvalue weighted by Gasteiger charge is -2.15. The Hall–Kier alpha value is -2.63. The molecule has 1 fully saturated rings. The molecule has 2 aliphatic rings. The van der Waals surface area contributed by atoms with Crippen molar-refractivity contribution in [2.75, 3.05) is 13.7 Å². The molecule has 24 heavy (non-hydrogen) atoms. The number of amides is 3. The molecule has 6 nitrogen and oxygen atoms in total. The van der Waals surface area contributed by atoms with Gasteiger partial charge in [0.25, 0.3) is 0 Å². The molecular weight excluding hydrogens is 308 g/mol. The largest absolute Gasteiger partial charge is 0.496 e. The average Bonchev–Trinajstić information content (AvgIpc) is 2.85. The molecule has 2 atom stereocenters. The van der Waals surface area contributed by atoms with E-state index in [4.69, 9.17) is 4.74 Å². The molecule has 0 saturated carbocycles. The molecule has 1 aromatic rings. The molecule has 1 aliphatic heterocycles. The number of carbonyl (C=O) groups excluding carboxylic acids is 3. The van der Waals surface area contributed by atoms with Crippen LogP contribution in [-0.4, -0.2) is 36.3 Å². The number of benzene rings is 1. The first-order chi connectivity index (χ1) is 11.6. The zero-order chi connectivity index (χ0) is 17.1. The summed E-state index contributed by atoms with van der Waals surface area (Å²) in [5.74, 6) is -0.741. The van der Waals surface area contributed by atoms with Crippen molar-refractivity contribution in [2.24, 2.45) is 11.8 Å². The Morgan fingerprint density at radius 2 is 1.79 bits per heavy atom. The molecule has 6 heteroatoms. The van der Waals surface area contributed by atoms with E-state index in [1.54, 1.807) is 7.11 Å². The lowest BCUT2D eigenvalue weighted by Crippen LogP contribution is -2.40. The standard InChI is InChI=1S/C18H20N2O4/c1-24-15-9-5-2-6-12(15)10-19-16(21)11-20-17(22)13-7-3-4-8-14(13)18(20)23/h2-6,9,13-14H,7-8,10-11H2,1H3,(H,19,21)/t13-,14+. The number of rotatable bonds is 5. The summed E-state index contributed by atoms with van der Waals surface area (Å²) < 4.78 is 5.23. The molecule has 1 heterocycles. The Balaban J connectivity index is 1.59. The highest BCUT2D eigenvalue weighted by Gasteiger charge is 2.47. The third kappa shape index (κ3) is 3.04. The van der Waals surface area contributed by atoms with Gasteiger partial charge >= 0.3 is 0 Å². The number of ether oxygens (including phenoxy) is 1. The minimum atomic E-state index is -0.353. The fourth-order valence-electron chi connectivity index (χ4n) is 3.27. The lowest BCUT2D eigenvalue weighted by atomic mass is 9.85. The number of hydrogen-bond donors (Lipinski definition) is 1. The quantitative estimate of drug-likeness (QED) is 0.652. The van der Waals surface area contributed by atoms with Crippen molar-refractivity contribution >= 4 is 17.7 Å². The van der Waals surface area contributed by atoms with Crippen LogP contribution < -0.4 is 10.1 Å². The van der Waals surface area contributed by atoms with Gasteiger partial charge in [-0.2, -0.15) is 0 Å². The van der Waals surface area contributed by atoms with Crippen molar-refractivity contribution in [2.45, 2.75) is 19.4 Å². The Morgan fingerprint density at radius 1 is 1.17 bits per heavy atom. The van der Waals surface area contributed by atoms with E-state index in [1.807, 2.05) is 36.4 Å². The van der Waals surface area contributed by atoms with E-state index < -0.39 is 0 Å². The monoisotopic (exact) mass is 328 g/mol. The van der Waals surface area contributed by atoms with Crippen molar-refractivity contribution in [3.05, 3.63) is 42.0 Å². The Bertz CT molecular complexity index is 672. The third-order valence-corrected chi connectivity index (χ3v) is 4.57. The Kier molecular flexibility index (Phi) is 4.64. The van der Waals surface area contributed by atoms with E-state index in [0.717, 1.165) is 10.5 Å². The molecule has 0 spiro atoms. The van der Waals surface area contributed by atoms with Crippen molar-refractivity contribution < 1.29 is 19.1 Å². The molecule has 1 aliphatic carbocycles. The predicted molar refractivity (Wildman–Crippen MR) is 86.9 cm³/mol. The van der Waals surface area contributed by atoms with Gasteiger partial charge in [-0.05, 0) is 18.9 Å². The van der Waals surface area contributed by atoms with Crippen LogP contribution in [0.15, 0.2) is 36.4 Å². The molecule has 126 valence electrons. The number of para-hydroxylation sites is 1. The fourth-order valence-corrected chi connectivity index (χ4v) is 3.27. The Labute approximate surface area is 140 Å². The number of allylic oxidation sites excluding steroid dienone is 2. The summed E-state index contributed by atoms with van der Waals surface area (Å²) in [4.78, 5) is 37.9. The lowest BCUT2D eigenvalue weighted by molar-refractivity contribution is -0.143. The summed E-state index contributed by atoms with van der Waals surface area (Å²) in [7, 11) is 1.57. The number of imide groups is 1. The SMILES string of the molecule is COc1ccccc1CNC(=O)CN1C(=O)[C@H]2CC=CC[C@H]2C1=O. The van der Waals surface area contributed by atoms with Gasteiger partial charge in [0, 0.05) is 12.1 Å². The van der Waals surface area contributed by atoms with E-state index in [9.17, 15) is 14.4 Å². The first-order valence-corrected chi connectivity index (χ1v) is 8.00. The smallest absolute Gasteiger partial charge is 0.240 e.